The molecule has 0 unspecified atom stereocenters. The van der Waals surface area contributed by atoms with E-state index in [1.165, 1.54) is 123 Å². The average Bonchev–Trinajstić information content (AvgIpc) is 3.02. The molecule has 1 aliphatic carbocycles. The van der Waals surface area contributed by atoms with Gasteiger partial charge >= 0.3 is 0 Å². The van der Waals surface area contributed by atoms with E-state index in [1.54, 1.807) is 5.56 Å². The minimum absolute atomic E-state index is 0.0180. The number of aromatic nitrogens is 1. The molecule has 0 radical (unpaired) electrons. The van der Waals surface area contributed by atoms with Gasteiger partial charge in [-0.1, -0.05) is 165 Å². The topological polar surface area (TPSA) is 12.9 Å². The molecule has 0 amide bonds. The largest absolute Gasteiger partial charge is 0.256 e. The van der Waals surface area contributed by atoms with Crippen LogP contribution >= 0.6 is 0 Å². The van der Waals surface area contributed by atoms with Crippen LogP contribution < -0.4 is 0 Å². The first-order chi connectivity index (χ1) is 20.5. The van der Waals surface area contributed by atoms with Crippen LogP contribution in [0.5, 0.6) is 0 Å². The molecule has 1 nitrogen and oxygen atoms in total. The van der Waals surface area contributed by atoms with Gasteiger partial charge in [0.2, 0.25) is 0 Å². The lowest BCUT2D eigenvalue weighted by Gasteiger charge is -2.53. The van der Waals surface area contributed by atoms with Crippen molar-refractivity contribution in [2.24, 2.45) is 0 Å². The number of nitrogens with zero attached hydrogens (tertiary/aromatic N) is 1. The summed E-state index contributed by atoms with van der Waals surface area (Å²) in [6, 6.07) is 27.5. The van der Waals surface area contributed by atoms with Gasteiger partial charge in [-0.05, 0) is 58.0 Å². The molecule has 3 aromatic carbocycles. The Kier molecular flexibility index (Phi) is 10.2. The van der Waals surface area contributed by atoms with Crippen LogP contribution in [0.4, 0.5) is 0 Å². The van der Waals surface area contributed by atoms with E-state index < -0.39 is 0 Å². The van der Waals surface area contributed by atoms with Crippen LogP contribution in [-0.2, 0) is 10.8 Å². The van der Waals surface area contributed by atoms with Crippen molar-refractivity contribution in [3.63, 3.8) is 0 Å². The smallest absolute Gasteiger partial charge is 0.0780 e. The molecule has 0 atom stereocenters. The molecule has 1 heteroatoms. The predicted octanol–water partition coefficient (Wildman–Crippen LogP) is 12.6. The Bertz CT molecular complexity index is 1420. The lowest BCUT2D eigenvalue weighted by atomic mass is 9.50. The van der Waals surface area contributed by atoms with E-state index in [0.717, 1.165) is 5.69 Å². The number of hydrogen-bond donors (Lipinski definition) is 0. The standard InChI is InChI=1S/C41H53N/c1-5-7-9-11-13-19-28-41(29-20-14-12-10-8-6-2)37-24-18-17-23-35(37)36-26-25-33(31-38(36)40(41,3)4)39-34-22-16-15-21-32(34)27-30-42-39/h15-18,21-27,30-31H,5-14,19-20,28-29H2,1-4H3. The van der Waals surface area contributed by atoms with E-state index in [-0.39, 0.29) is 10.8 Å². The second kappa shape index (κ2) is 14.0. The number of unbranched alkanes of at least 4 members (excludes halogenated alkanes) is 10. The normalized spacial score (nSPS) is 15.0. The second-order valence-corrected chi connectivity index (χ2v) is 13.4. The number of hydrogen-bond acceptors (Lipinski definition) is 1. The minimum atomic E-state index is 0.0180. The molecule has 0 spiro atoms. The molecule has 0 fully saturated rings. The number of rotatable bonds is 15. The highest BCUT2D eigenvalue weighted by atomic mass is 14.7. The third-order valence-corrected chi connectivity index (χ3v) is 10.5. The average molecular weight is 560 g/mol. The maximum atomic E-state index is 4.92. The summed E-state index contributed by atoms with van der Waals surface area (Å²) in [5, 5.41) is 2.49. The second-order valence-electron chi connectivity index (χ2n) is 13.4. The fourth-order valence-corrected chi connectivity index (χ4v) is 7.96. The summed E-state index contributed by atoms with van der Waals surface area (Å²) in [4.78, 5) is 4.92. The Morgan fingerprint density at radius 2 is 1.17 bits per heavy atom. The molecular formula is C41H53N. The molecule has 4 aromatic rings. The summed E-state index contributed by atoms with van der Waals surface area (Å²) in [5.74, 6) is 0. The minimum Gasteiger partial charge on any atom is -0.256 e. The number of pyridine rings is 1. The van der Waals surface area contributed by atoms with Crippen molar-refractivity contribution >= 4 is 10.8 Å². The Hall–Kier alpha value is -2.93. The number of fused-ring (bicyclic) bond motifs is 4. The van der Waals surface area contributed by atoms with Gasteiger partial charge in [-0.25, -0.2) is 0 Å². The van der Waals surface area contributed by atoms with Crippen LogP contribution in [-0.4, -0.2) is 4.98 Å². The third kappa shape index (κ3) is 6.08. The van der Waals surface area contributed by atoms with Gasteiger partial charge < -0.3 is 0 Å². The lowest BCUT2D eigenvalue weighted by Crippen LogP contribution is -2.48. The fraction of sp³-hybridized carbons (Fsp3) is 0.488. The zero-order valence-electron chi connectivity index (χ0n) is 26.9. The maximum Gasteiger partial charge on any atom is 0.0780 e. The van der Waals surface area contributed by atoms with Crippen molar-refractivity contribution in [1.82, 2.24) is 4.98 Å². The molecule has 5 rings (SSSR count). The fourth-order valence-electron chi connectivity index (χ4n) is 7.96. The van der Waals surface area contributed by atoms with Crippen molar-refractivity contribution < 1.29 is 0 Å². The van der Waals surface area contributed by atoms with Crippen molar-refractivity contribution in [2.45, 2.75) is 128 Å². The molecule has 0 N–H and O–H groups in total. The highest BCUT2D eigenvalue weighted by molar-refractivity contribution is 5.95. The first-order valence-corrected chi connectivity index (χ1v) is 17.1. The van der Waals surface area contributed by atoms with Crippen LogP contribution in [0.3, 0.4) is 0 Å². The van der Waals surface area contributed by atoms with Gasteiger partial charge in [-0.2, -0.15) is 0 Å². The van der Waals surface area contributed by atoms with Gasteiger partial charge in [0.25, 0.3) is 0 Å². The van der Waals surface area contributed by atoms with Crippen molar-refractivity contribution in [2.75, 3.05) is 0 Å². The van der Waals surface area contributed by atoms with Gasteiger partial charge in [0, 0.05) is 22.6 Å². The monoisotopic (exact) mass is 559 g/mol. The lowest BCUT2D eigenvalue weighted by molar-refractivity contribution is 0.199. The van der Waals surface area contributed by atoms with Gasteiger partial charge in [0.1, 0.15) is 0 Å². The van der Waals surface area contributed by atoms with Gasteiger partial charge in [-0.3, -0.25) is 4.98 Å². The zero-order chi connectivity index (χ0) is 29.4. The summed E-state index contributed by atoms with van der Waals surface area (Å²) in [6.07, 6.45) is 20.7. The van der Waals surface area contributed by atoms with E-state index in [2.05, 4.69) is 100 Å². The molecule has 1 aromatic heterocycles. The highest BCUT2D eigenvalue weighted by Crippen LogP contribution is 2.59. The quantitative estimate of drug-likeness (QED) is 0.132. The highest BCUT2D eigenvalue weighted by Gasteiger charge is 2.51. The summed E-state index contributed by atoms with van der Waals surface area (Å²) in [7, 11) is 0. The van der Waals surface area contributed by atoms with Crippen LogP contribution in [0.15, 0.2) is 79.0 Å². The van der Waals surface area contributed by atoms with Crippen LogP contribution in [0.1, 0.15) is 129 Å². The van der Waals surface area contributed by atoms with Gasteiger partial charge in [-0.15, -0.1) is 0 Å². The van der Waals surface area contributed by atoms with Crippen molar-refractivity contribution in [3.05, 3.63) is 90.1 Å². The summed E-state index contributed by atoms with van der Waals surface area (Å²) < 4.78 is 0. The molecule has 222 valence electrons. The van der Waals surface area contributed by atoms with Crippen molar-refractivity contribution in [1.29, 1.82) is 0 Å². The molecule has 42 heavy (non-hydrogen) atoms. The van der Waals surface area contributed by atoms with E-state index in [0.29, 0.717) is 0 Å². The van der Waals surface area contributed by atoms with Gasteiger partial charge in [0.05, 0.1) is 5.69 Å². The van der Waals surface area contributed by atoms with E-state index in [4.69, 9.17) is 4.98 Å². The van der Waals surface area contributed by atoms with Crippen LogP contribution in [0.2, 0.25) is 0 Å². The predicted molar refractivity (Wildman–Crippen MR) is 183 cm³/mol. The van der Waals surface area contributed by atoms with E-state index >= 15 is 0 Å². The van der Waals surface area contributed by atoms with Crippen LogP contribution in [0.25, 0.3) is 33.2 Å². The Labute approximate surface area is 256 Å². The summed E-state index contributed by atoms with van der Waals surface area (Å²) in [5.41, 5.74) is 8.48. The molecular weight excluding hydrogens is 506 g/mol. The molecule has 0 saturated heterocycles. The van der Waals surface area contributed by atoms with Gasteiger partial charge in [0.15, 0.2) is 0 Å². The molecule has 0 aliphatic heterocycles. The Morgan fingerprint density at radius 1 is 0.571 bits per heavy atom. The Balaban J connectivity index is 1.56. The van der Waals surface area contributed by atoms with Crippen molar-refractivity contribution in [3.8, 4) is 22.4 Å². The third-order valence-electron chi connectivity index (χ3n) is 10.5. The first-order valence-electron chi connectivity index (χ1n) is 17.1. The maximum absolute atomic E-state index is 4.92. The number of benzene rings is 3. The van der Waals surface area contributed by atoms with E-state index in [1.807, 2.05) is 6.20 Å². The first kappa shape index (κ1) is 30.5. The van der Waals surface area contributed by atoms with E-state index in [9.17, 15) is 0 Å². The summed E-state index contributed by atoms with van der Waals surface area (Å²) >= 11 is 0. The molecule has 1 aliphatic rings. The summed E-state index contributed by atoms with van der Waals surface area (Å²) in [6.45, 7) is 9.76. The molecule has 0 bridgehead atoms. The molecule has 0 saturated carbocycles. The Morgan fingerprint density at radius 3 is 1.88 bits per heavy atom. The van der Waals surface area contributed by atoms with Crippen LogP contribution in [0, 0.1) is 0 Å². The SMILES string of the molecule is CCCCCCCCC1(CCCCCCCC)c2ccccc2-c2ccc(-c3nccc4ccccc34)cc2C1(C)C. The molecule has 1 heterocycles. The zero-order valence-corrected chi connectivity index (χ0v) is 26.9.